The molecule has 0 radical (unpaired) electrons. The van der Waals surface area contributed by atoms with Crippen LogP contribution in [-0.2, 0) is 10.0 Å². The van der Waals surface area contributed by atoms with E-state index in [2.05, 4.69) is 10.0 Å². The second kappa shape index (κ2) is 7.96. The van der Waals surface area contributed by atoms with Crippen LogP contribution in [0.3, 0.4) is 0 Å². The number of carbonyl (C=O) groups is 1. The molecule has 0 bridgehead atoms. The lowest BCUT2D eigenvalue weighted by atomic mass is 10.1. The Bertz CT molecular complexity index is 886. The highest BCUT2D eigenvalue weighted by atomic mass is 32.2. The summed E-state index contributed by atoms with van der Waals surface area (Å²) in [4.78, 5) is 12.6. The lowest BCUT2D eigenvalue weighted by Gasteiger charge is -2.15. The number of benzene rings is 2. The van der Waals surface area contributed by atoms with E-state index in [4.69, 9.17) is 14.2 Å². The van der Waals surface area contributed by atoms with Crippen LogP contribution in [0.5, 0.6) is 17.2 Å². The van der Waals surface area contributed by atoms with Gasteiger partial charge in [0.2, 0.25) is 15.8 Å². The van der Waals surface area contributed by atoms with E-state index in [0.29, 0.717) is 22.9 Å². The van der Waals surface area contributed by atoms with Gasteiger partial charge in [-0.3, -0.25) is 9.52 Å². The Morgan fingerprint density at radius 2 is 1.46 bits per heavy atom. The highest BCUT2D eigenvalue weighted by molar-refractivity contribution is 7.92. The minimum Gasteiger partial charge on any atom is -0.493 e. The molecule has 0 saturated heterocycles. The van der Waals surface area contributed by atoms with Crippen molar-refractivity contribution in [2.75, 3.05) is 37.6 Å². The monoisotopic (exact) mass is 380 g/mol. The molecule has 140 valence electrons. The van der Waals surface area contributed by atoms with E-state index < -0.39 is 15.9 Å². The van der Waals surface area contributed by atoms with Gasteiger partial charge in [-0.25, -0.2) is 8.42 Å². The summed E-state index contributed by atoms with van der Waals surface area (Å²) in [6, 6.07) is 9.47. The van der Waals surface area contributed by atoms with Crippen molar-refractivity contribution in [1.82, 2.24) is 0 Å². The zero-order valence-electron chi connectivity index (χ0n) is 14.8. The van der Waals surface area contributed by atoms with Gasteiger partial charge in [-0.2, -0.15) is 0 Å². The normalized spacial score (nSPS) is 10.8. The first-order chi connectivity index (χ1) is 12.3. The van der Waals surface area contributed by atoms with Crippen molar-refractivity contribution >= 4 is 27.3 Å². The van der Waals surface area contributed by atoms with Gasteiger partial charge in [0.05, 0.1) is 39.0 Å². The van der Waals surface area contributed by atoms with Crippen LogP contribution in [0, 0.1) is 0 Å². The van der Waals surface area contributed by atoms with Gasteiger partial charge in [-0.05, 0) is 24.3 Å². The Morgan fingerprint density at radius 1 is 0.923 bits per heavy atom. The van der Waals surface area contributed by atoms with Crippen LogP contribution < -0.4 is 24.2 Å². The summed E-state index contributed by atoms with van der Waals surface area (Å²) in [5.41, 5.74) is 0.834. The Balaban J connectivity index is 2.37. The first kappa shape index (κ1) is 19.4. The molecule has 0 aliphatic carbocycles. The Hall–Kier alpha value is -2.94. The largest absolute Gasteiger partial charge is 0.493 e. The highest BCUT2D eigenvalue weighted by Crippen LogP contribution is 2.38. The van der Waals surface area contributed by atoms with Crippen molar-refractivity contribution in [3.8, 4) is 17.2 Å². The summed E-state index contributed by atoms with van der Waals surface area (Å²) in [5.74, 6) is 0.566. The maximum atomic E-state index is 12.6. The molecule has 0 aliphatic rings. The van der Waals surface area contributed by atoms with Crippen LogP contribution in [0.2, 0.25) is 0 Å². The van der Waals surface area contributed by atoms with Gasteiger partial charge in [-0.15, -0.1) is 0 Å². The average Bonchev–Trinajstić information content (AvgIpc) is 2.60. The molecule has 0 fully saturated rings. The van der Waals surface area contributed by atoms with Crippen molar-refractivity contribution in [3.63, 3.8) is 0 Å². The molecule has 9 heteroatoms. The number of methoxy groups -OCH3 is 3. The summed E-state index contributed by atoms with van der Waals surface area (Å²) in [7, 11) is 0.875. The quantitative estimate of drug-likeness (QED) is 0.764. The second-order valence-corrected chi connectivity index (χ2v) is 7.04. The minimum atomic E-state index is -3.49. The summed E-state index contributed by atoms with van der Waals surface area (Å²) in [5, 5.41) is 2.67. The molecule has 8 nitrogen and oxygen atoms in total. The molecule has 2 aromatic rings. The van der Waals surface area contributed by atoms with E-state index in [1.54, 1.807) is 24.3 Å². The molecular formula is C17H20N2O6S. The van der Waals surface area contributed by atoms with Gasteiger partial charge >= 0.3 is 0 Å². The van der Waals surface area contributed by atoms with Crippen molar-refractivity contribution in [1.29, 1.82) is 0 Å². The number of sulfonamides is 1. The molecule has 2 N–H and O–H groups in total. The van der Waals surface area contributed by atoms with Gasteiger partial charge in [0.15, 0.2) is 11.5 Å². The van der Waals surface area contributed by atoms with E-state index in [9.17, 15) is 13.2 Å². The first-order valence-electron chi connectivity index (χ1n) is 7.47. The molecule has 0 atom stereocenters. The van der Waals surface area contributed by atoms with Crippen LogP contribution >= 0.6 is 0 Å². The molecule has 2 rings (SSSR count). The van der Waals surface area contributed by atoms with Gasteiger partial charge in [0, 0.05) is 5.56 Å². The van der Waals surface area contributed by atoms with E-state index in [-0.39, 0.29) is 11.3 Å². The Labute approximate surface area is 152 Å². The molecule has 0 aliphatic heterocycles. The molecule has 0 spiro atoms. The van der Waals surface area contributed by atoms with Gasteiger partial charge in [0.1, 0.15) is 0 Å². The predicted octanol–water partition coefficient (Wildman–Crippen LogP) is 2.34. The minimum absolute atomic E-state index is 0.258. The summed E-state index contributed by atoms with van der Waals surface area (Å²) in [6.07, 6.45) is 1.03. The van der Waals surface area contributed by atoms with Crippen LogP contribution in [0.25, 0.3) is 0 Å². The SMILES string of the molecule is COc1cc(C(=O)Nc2ccccc2NS(C)(=O)=O)cc(OC)c1OC. The highest BCUT2D eigenvalue weighted by Gasteiger charge is 2.18. The number of ether oxygens (including phenoxy) is 3. The molecular weight excluding hydrogens is 360 g/mol. The predicted molar refractivity (Wildman–Crippen MR) is 99.0 cm³/mol. The molecule has 0 heterocycles. The number of anilines is 2. The number of para-hydroxylation sites is 2. The topological polar surface area (TPSA) is 103 Å². The fourth-order valence-electron chi connectivity index (χ4n) is 2.29. The number of nitrogens with one attached hydrogen (secondary N) is 2. The van der Waals surface area contributed by atoms with E-state index in [1.807, 2.05) is 0 Å². The van der Waals surface area contributed by atoms with E-state index >= 15 is 0 Å². The summed E-state index contributed by atoms with van der Waals surface area (Å²) in [6.45, 7) is 0. The fraction of sp³-hybridized carbons (Fsp3) is 0.235. The lowest BCUT2D eigenvalue weighted by Crippen LogP contribution is -2.16. The van der Waals surface area contributed by atoms with E-state index in [0.717, 1.165) is 6.26 Å². The number of hydrogen-bond donors (Lipinski definition) is 2. The summed E-state index contributed by atoms with van der Waals surface area (Å²) < 4.78 is 41.0. The zero-order chi connectivity index (χ0) is 19.3. The second-order valence-electron chi connectivity index (χ2n) is 5.29. The molecule has 2 aromatic carbocycles. The maximum absolute atomic E-state index is 12.6. The Kier molecular flexibility index (Phi) is 5.93. The van der Waals surface area contributed by atoms with Gasteiger partial charge in [-0.1, -0.05) is 12.1 Å². The smallest absolute Gasteiger partial charge is 0.255 e. The average molecular weight is 380 g/mol. The standard InChI is InChI=1S/C17H20N2O6S/c1-23-14-9-11(10-15(24-2)16(14)25-3)17(20)18-12-7-5-6-8-13(12)19-26(4,21)22/h5-10,19H,1-4H3,(H,18,20). The molecule has 0 saturated carbocycles. The molecule has 26 heavy (non-hydrogen) atoms. The number of carbonyl (C=O) groups excluding carboxylic acids is 1. The third-order valence-corrected chi connectivity index (χ3v) is 3.99. The fourth-order valence-corrected chi connectivity index (χ4v) is 2.86. The lowest BCUT2D eigenvalue weighted by molar-refractivity contribution is 0.102. The number of amides is 1. The molecule has 0 aromatic heterocycles. The first-order valence-corrected chi connectivity index (χ1v) is 9.36. The van der Waals surface area contributed by atoms with Crippen LogP contribution in [0.4, 0.5) is 11.4 Å². The van der Waals surface area contributed by atoms with Crippen molar-refractivity contribution in [2.45, 2.75) is 0 Å². The zero-order valence-corrected chi connectivity index (χ0v) is 15.6. The van der Waals surface area contributed by atoms with Crippen LogP contribution in [0.1, 0.15) is 10.4 Å². The number of hydrogen-bond acceptors (Lipinski definition) is 6. The van der Waals surface area contributed by atoms with Crippen molar-refractivity contribution < 1.29 is 27.4 Å². The Morgan fingerprint density at radius 3 is 1.92 bits per heavy atom. The van der Waals surface area contributed by atoms with Gasteiger partial charge in [0.25, 0.3) is 5.91 Å². The third kappa shape index (κ3) is 4.57. The van der Waals surface area contributed by atoms with Crippen LogP contribution in [-0.4, -0.2) is 41.9 Å². The third-order valence-electron chi connectivity index (χ3n) is 3.40. The van der Waals surface area contributed by atoms with Crippen molar-refractivity contribution in [3.05, 3.63) is 42.0 Å². The summed E-state index contributed by atoms with van der Waals surface area (Å²) >= 11 is 0. The van der Waals surface area contributed by atoms with Crippen LogP contribution in [0.15, 0.2) is 36.4 Å². The number of rotatable bonds is 7. The van der Waals surface area contributed by atoms with Crippen molar-refractivity contribution in [2.24, 2.45) is 0 Å². The van der Waals surface area contributed by atoms with E-state index in [1.165, 1.54) is 33.5 Å². The molecule has 1 amide bonds. The molecule has 0 unspecified atom stereocenters. The van der Waals surface area contributed by atoms with Gasteiger partial charge < -0.3 is 19.5 Å². The maximum Gasteiger partial charge on any atom is 0.255 e.